The Kier molecular flexibility index (Phi) is 5.14. The number of carbonyl (C=O) groups is 1. The largest absolute Gasteiger partial charge is 0.494 e. The predicted octanol–water partition coefficient (Wildman–Crippen LogP) is 3.51. The lowest BCUT2D eigenvalue weighted by molar-refractivity contribution is -0.384. The molecule has 1 aliphatic carbocycles. The van der Waals surface area contributed by atoms with E-state index in [-0.39, 0.29) is 11.6 Å². The molecule has 2 rings (SSSR count). The first-order valence-electron chi connectivity index (χ1n) is 7.22. The molecule has 0 unspecified atom stereocenters. The fraction of sp³-hybridized carbons (Fsp3) is 0.533. The Bertz CT molecular complexity index is 524. The number of amides is 1. The van der Waals surface area contributed by atoms with Crippen molar-refractivity contribution in [1.29, 1.82) is 0 Å². The summed E-state index contributed by atoms with van der Waals surface area (Å²) in [6.07, 6.45) is 6.35. The SMILES string of the molecule is COc1cc([N+](=O)[O-])ccc1NC(=O)CC1CCCCC1. The molecule has 0 saturated heterocycles. The molecule has 0 bridgehead atoms. The fourth-order valence-corrected chi connectivity index (χ4v) is 2.75. The molecule has 1 fully saturated rings. The van der Waals surface area contributed by atoms with Crippen LogP contribution in [0, 0.1) is 16.0 Å². The van der Waals surface area contributed by atoms with Crippen LogP contribution in [0.2, 0.25) is 0 Å². The molecule has 0 radical (unpaired) electrons. The molecular formula is C15H20N2O4. The maximum Gasteiger partial charge on any atom is 0.273 e. The summed E-state index contributed by atoms with van der Waals surface area (Å²) in [7, 11) is 1.43. The van der Waals surface area contributed by atoms with E-state index < -0.39 is 4.92 Å². The van der Waals surface area contributed by atoms with Crippen LogP contribution in [-0.4, -0.2) is 17.9 Å². The zero-order valence-corrected chi connectivity index (χ0v) is 12.1. The molecule has 1 aliphatic rings. The van der Waals surface area contributed by atoms with Crippen LogP contribution in [0.4, 0.5) is 11.4 Å². The Hall–Kier alpha value is -2.11. The van der Waals surface area contributed by atoms with Crippen LogP contribution < -0.4 is 10.1 Å². The van der Waals surface area contributed by atoms with Crippen LogP contribution in [-0.2, 0) is 4.79 Å². The minimum atomic E-state index is -0.490. The normalized spacial score (nSPS) is 15.5. The molecular weight excluding hydrogens is 272 g/mol. The number of hydrogen-bond donors (Lipinski definition) is 1. The van der Waals surface area contributed by atoms with E-state index in [1.165, 1.54) is 44.6 Å². The van der Waals surface area contributed by atoms with Crippen molar-refractivity contribution in [1.82, 2.24) is 0 Å². The summed E-state index contributed by atoms with van der Waals surface area (Å²) in [6, 6.07) is 4.19. The Morgan fingerprint density at radius 3 is 2.71 bits per heavy atom. The van der Waals surface area contributed by atoms with E-state index in [0.29, 0.717) is 23.8 Å². The maximum absolute atomic E-state index is 12.1. The van der Waals surface area contributed by atoms with Gasteiger partial charge in [-0.05, 0) is 24.8 Å². The number of anilines is 1. The fourth-order valence-electron chi connectivity index (χ4n) is 2.75. The molecule has 0 aromatic heterocycles. The van der Waals surface area contributed by atoms with Crippen LogP contribution in [0.25, 0.3) is 0 Å². The number of ether oxygens (including phenoxy) is 1. The van der Waals surface area contributed by atoms with Gasteiger partial charge in [-0.1, -0.05) is 19.3 Å². The van der Waals surface area contributed by atoms with Crippen LogP contribution in [0.3, 0.4) is 0 Å². The van der Waals surface area contributed by atoms with Gasteiger partial charge in [-0.2, -0.15) is 0 Å². The molecule has 1 aromatic carbocycles. The number of nitrogens with one attached hydrogen (secondary N) is 1. The lowest BCUT2D eigenvalue weighted by atomic mass is 9.87. The van der Waals surface area contributed by atoms with Crippen molar-refractivity contribution < 1.29 is 14.5 Å². The third-order valence-electron chi connectivity index (χ3n) is 3.87. The summed E-state index contributed by atoms with van der Waals surface area (Å²) >= 11 is 0. The molecule has 1 saturated carbocycles. The smallest absolute Gasteiger partial charge is 0.273 e. The third-order valence-corrected chi connectivity index (χ3v) is 3.87. The van der Waals surface area contributed by atoms with E-state index in [4.69, 9.17) is 4.74 Å². The van der Waals surface area contributed by atoms with Gasteiger partial charge in [0.15, 0.2) is 0 Å². The molecule has 0 aliphatic heterocycles. The first-order valence-corrected chi connectivity index (χ1v) is 7.22. The van der Waals surface area contributed by atoms with E-state index in [9.17, 15) is 14.9 Å². The first kappa shape index (κ1) is 15.3. The summed E-state index contributed by atoms with van der Waals surface area (Å²) in [5.41, 5.74) is 0.418. The molecule has 1 N–H and O–H groups in total. The summed E-state index contributed by atoms with van der Waals surface area (Å²) in [4.78, 5) is 22.3. The summed E-state index contributed by atoms with van der Waals surface area (Å²) < 4.78 is 5.11. The minimum Gasteiger partial charge on any atom is -0.494 e. The molecule has 21 heavy (non-hydrogen) atoms. The topological polar surface area (TPSA) is 81.5 Å². The summed E-state index contributed by atoms with van der Waals surface area (Å²) in [5.74, 6) is 0.693. The number of nitrogens with zero attached hydrogens (tertiary/aromatic N) is 1. The number of methoxy groups -OCH3 is 1. The number of nitro benzene ring substituents is 1. The zero-order valence-electron chi connectivity index (χ0n) is 12.1. The Morgan fingerprint density at radius 2 is 2.10 bits per heavy atom. The van der Waals surface area contributed by atoms with Crippen molar-refractivity contribution in [2.24, 2.45) is 5.92 Å². The average Bonchev–Trinajstić information content (AvgIpc) is 2.48. The van der Waals surface area contributed by atoms with Crippen molar-refractivity contribution >= 4 is 17.3 Å². The molecule has 6 nitrogen and oxygen atoms in total. The lowest BCUT2D eigenvalue weighted by Crippen LogP contribution is -2.18. The standard InChI is InChI=1S/C15H20N2O4/c1-21-14-10-12(17(19)20)7-8-13(14)16-15(18)9-11-5-3-2-4-6-11/h7-8,10-11H,2-6,9H2,1H3,(H,16,18). The molecule has 0 atom stereocenters. The molecule has 114 valence electrons. The number of hydrogen-bond acceptors (Lipinski definition) is 4. The van der Waals surface area contributed by atoms with Gasteiger partial charge in [-0.3, -0.25) is 14.9 Å². The number of nitro groups is 1. The van der Waals surface area contributed by atoms with E-state index in [2.05, 4.69) is 5.32 Å². The Morgan fingerprint density at radius 1 is 1.38 bits per heavy atom. The molecule has 0 heterocycles. The van der Waals surface area contributed by atoms with E-state index in [0.717, 1.165) is 12.8 Å². The Balaban J connectivity index is 2.00. The quantitative estimate of drug-likeness (QED) is 0.665. The van der Waals surface area contributed by atoms with E-state index in [1.54, 1.807) is 0 Å². The summed E-state index contributed by atoms with van der Waals surface area (Å²) in [5, 5.41) is 13.5. The molecule has 0 spiro atoms. The van der Waals surface area contributed by atoms with Crippen molar-refractivity contribution in [2.75, 3.05) is 12.4 Å². The predicted molar refractivity (Wildman–Crippen MR) is 79.5 cm³/mol. The van der Waals surface area contributed by atoms with E-state index in [1.807, 2.05) is 0 Å². The highest BCUT2D eigenvalue weighted by Crippen LogP contribution is 2.30. The molecule has 1 aromatic rings. The molecule has 6 heteroatoms. The van der Waals surface area contributed by atoms with Crippen LogP contribution >= 0.6 is 0 Å². The van der Waals surface area contributed by atoms with Crippen molar-refractivity contribution in [3.63, 3.8) is 0 Å². The van der Waals surface area contributed by atoms with E-state index >= 15 is 0 Å². The number of non-ortho nitro benzene ring substituents is 1. The van der Waals surface area contributed by atoms with Gasteiger partial charge in [-0.15, -0.1) is 0 Å². The van der Waals surface area contributed by atoms with Gasteiger partial charge in [0.25, 0.3) is 5.69 Å². The van der Waals surface area contributed by atoms with Crippen LogP contribution in [0.5, 0.6) is 5.75 Å². The highest BCUT2D eigenvalue weighted by atomic mass is 16.6. The van der Waals surface area contributed by atoms with Crippen LogP contribution in [0.1, 0.15) is 38.5 Å². The van der Waals surface area contributed by atoms with Gasteiger partial charge in [0.05, 0.1) is 23.8 Å². The third kappa shape index (κ3) is 4.18. The zero-order chi connectivity index (χ0) is 15.2. The number of carbonyl (C=O) groups excluding carboxylic acids is 1. The highest BCUT2D eigenvalue weighted by molar-refractivity contribution is 5.92. The second-order valence-corrected chi connectivity index (χ2v) is 5.40. The van der Waals surface area contributed by atoms with Gasteiger partial charge in [0.1, 0.15) is 5.75 Å². The van der Waals surface area contributed by atoms with Gasteiger partial charge in [0.2, 0.25) is 5.91 Å². The van der Waals surface area contributed by atoms with Gasteiger partial charge in [0, 0.05) is 12.5 Å². The summed E-state index contributed by atoms with van der Waals surface area (Å²) in [6.45, 7) is 0. The average molecular weight is 292 g/mol. The second kappa shape index (κ2) is 7.06. The first-order chi connectivity index (χ1) is 10.1. The monoisotopic (exact) mass is 292 g/mol. The van der Waals surface area contributed by atoms with Crippen molar-refractivity contribution in [3.05, 3.63) is 28.3 Å². The maximum atomic E-state index is 12.1. The van der Waals surface area contributed by atoms with Crippen molar-refractivity contribution in [3.8, 4) is 5.75 Å². The lowest BCUT2D eigenvalue weighted by Gasteiger charge is -2.21. The van der Waals surface area contributed by atoms with Gasteiger partial charge < -0.3 is 10.1 Å². The van der Waals surface area contributed by atoms with Crippen molar-refractivity contribution in [2.45, 2.75) is 38.5 Å². The number of rotatable bonds is 5. The minimum absolute atomic E-state index is 0.0582. The van der Waals surface area contributed by atoms with Gasteiger partial charge >= 0.3 is 0 Å². The molecule has 1 amide bonds. The van der Waals surface area contributed by atoms with Gasteiger partial charge in [-0.25, -0.2) is 0 Å². The Labute approximate surface area is 123 Å². The van der Waals surface area contributed by atoms with Crippen LogP contribution in [0.15, 0.2) is 18.2 Å². The second-order valence-electron chi connectivity index (χ2n) is 5.40. The number of benzene rings is 1. The highest BCUT2D eigenvalue weighted by Gasteiger charge is 2.18.